The second-order valence-corrected chi connectivity index (χ2v) is 10.5. The number of rotatable bonds is 8. The van der Waals surface area contributed by atoms with Gasteiger partial charge in [0.15, 0.2) is 0 Å². The van der Waals surface area contributed by atoms with Crippen LogP contribution in [-0.2, 0) is 22.6 Å². The van der Waals surface area contributed by atoms with Crippen molar-refractivity contribution in [3.05, 3.63) is 54.1 Å². The zero-order valence-electron chi connectivity index (χ0n) is 21.0. The van der Waals surface area contributed by atoms with Gasteiger partial charge in [0.2, 0.25) is 0 Å². The first-order valence-corrected chi connectivity index (χ1v) is 12.6. The fraction of sp³-hybridized carbons (Fsp3) is 0.593. The van der Waals surface area contributed by atoms with Gasteiger partial charge in [-0.2, -0.15) is 0 Å². The average Bonchev–Trinajstić information content (AvgIpc) is 3.34. The van der Waals surface area contributed by atoms with Crippen LogP contribution in [0.25, 0.3) is 0 Å². The SMILES string of the molecule is CC(C)CN1CC2CN(Cc3nccn3C3CC3)CC2(CCc2ccccc2)C1.O=CO.O=CO. The topological polar surface area (TPSA) is 98.9 Å². The van der Waals surface area contributed by atoms with Gasteiger partial charge >= 0.3 is 0 Å². The predicted molar refractivity (Wildman–Crippen MR) is 135 cm³/mol. The summed E-state index contributed by atoms with van der Waals surface area (Å²) in [5, 5.41) is 13.8. The van der Waals surface area contributed by atoms with Gasteiger partial charge in [-0.25, -0.2) is 4.98 Å². The molecule has 2 atom stereocenters. The van der Waals surface area contributed by atoms with E-state index in [1.807, 2.05) is 6.20 Å². The molecule has 0 bridgehead atoms. The van der Waals surface area contributed by atoms with Crippen LogP contribution in [0.4, 0.5) is 0 Å². The van der Waals surface area contributed by atoms with E-state index >= 15 is 0 Å². The van der Waals surface area contributed by atoms with E-state index in [1.165, 1.54) is 69.8 Å². The number of carboxylic acid groups (broad SMARTS) is 2. The molecule has 3 fully saturated rings. The monoisotopic (exact) mass is 484 g/mol. The van der Waals surface area contributed by atoms with E-state index in [0.29, 0.717) is 5.41 Å². The minimum Gasteiger partial charge on any atom is -0.483 e. The maximum atomic E-state index is 8.36. The second kappa shape index (κ2) is 12.8. The molecule has 1 saturated carbocycles. The van der Waals surface area contributed by atoms with E-state index in [0.717, 1.165) is 24.4 Å². The highest BCUT2D eigenvalue weighted by Crippen LogP contribution is 2.46. The highest BCUT2D eigenvalue weighted by molar-refractivity contribution is 5.33. The van der Waals surface area contributed by atoms with Crippen LogP contribution >= 0.6 is 0 Å². The highest BCUT2D eigenvalue weighted by atomic mass is 16.3. The molecule has 1 aromatic heterocycles. The smallest absolute Gasteiger partial charge is 0.290 e. The van der Waals surface area contributed by atoms with Gasteiger partial charge in [0, 0.05) is 56.6 Å². The summed E-state index contributed by atoms with van der Waals surface area (Å²) in [6.07, 6.45) is 9.37. The molecule has 5 rings (SSSR count). The lowest BCUT2D eigenvalue weighted by Crippen LogP contribution is -2.36. The Morgan fingerprint density at radius 2 is 1.69 bits per heavy atom. The Morgan fingerprint density at radius 3 is 2.31 bits per heavy atom. The van der Waals surface area contributed by atoms with E-state index in [-0.39, 0.29) is 12.9 Å². The van der Waals surface area contributed by atoms with Gasteiger partial charge in [-0.1, -0.05) is 44.2 Å². The Hall–Kier alpha value is -2.71. The number of hydrogen-bond donors (Lipinski definition) is 2. The molecule has 2 aromatic rings. The van der Waals surface area contributed by atoms with Crippen LogP contribution in [0.3, 0.4) is 0 Å². The van der Waals surface area contributed by atoms with Gasteiger partial charge in [-0.3, -0.25) is 14.5 Å². The molecule has 8 heteroatoms. The molecule has 192 valence electrons. The number of nitrogens with zero attached hydrogens (tertiary/aromatic N) is 4. The highest BCUT2D eigenvalue weighted by Gasteiger charge is 2.51. The molecule has 2 unspecified atom stereocenters. The third-order valence-corrected chi connectivity index (χ3v) is 7.33. The Labute approximate surface area is 208 Å². The van der Waals surface area contributed by atoms with Crippen molar-refractivity contribution in [1.82, 2.24) is 19.4 Å². The van der Waals surface area contributed by atoms with Crippen molar-refractivity contribution in [2.24, 2.45) is 17.3 Å². The van der Waals surface area contributed by atoms with Crippen LogP contribution in [0.15, 0.2) is 42.7 Å². The first kappa shape index (κ1) is 26.9. The Bertz CT molecular complexity index is 909. The summed E-state index contributed by atoms with van der Waals surface area (Å²) in [6.45, 7) is 11.5. The zero-order chi connectivity index (χ0) is 25.3. The van der Waals surface area contributed by atoms with Crippen LogP contribution in [0.5, 0.6) is 0 Å². The number of fused-ring (bicyclic) bond motifs is 1. The van der Waals surface area contributed by atoms with Gasteiger partial charge in [0.05, 0.1) is 6.54 Å². The van der Waals surface area contributed by atoms with Crippen LogP contribution in [-0.4, -0.2) is 75.2 Å². The van der Waals surface area contributed by atoms with E-state index < -0.39 is 0 Å². The van der Waals surface area contributed by atoms with Crippen molar-refractivity contribution < 1.29 is 19.8 Å². The molecule has 1 aromatic carbocycles. The van der Waals surface area contributed by atoms with E-state index in [4.69, 9.17) is 24.8 Å². The number of aromatic nitrogens is 2. The molecule has 3 heterocycles. The van der Waals surface area contributed by atoms with Crippen molar-refractivity contribution in [2.75, 3.05) is 32.7 Å². The van der Waals surface area contributed by atoms with Crippen LogP contribution in [0.2, 0.25) is 0 Å². The summed E-state index contributed by atoms with van der Waals surface area (Å²) < 4.78 is 2.44. The van der Waals surface area contributed by atoms with Crippen molar-refractivity contribution in [3.63, 3.8) is 0 Å². The molecule has 0 radical (unpaired) electrons. The van der Waals surface area contributed by atoms with Crippen molar-refractivity contribution in [1.29, 1.82) is 0 Å². The van der Waals surface area contributed by atoms with Gasteiger partial charge in [0.1, 0.15) is 5.82 Å². The molecule has 3 aliphatic rings. The molecule has 2 saturated heterocycles. The van der Waals surface area contributed by atoms with E-state index in [9.17, 15) is 0 Å². The lowest BCUT2D eigenvalue weighted by Gasteiger charge is -2.30. The predicted octanol–water partition coefficient (Wildman–Crippen LogP) is 3.64. The molecule has 2 aliphatic heterocycles. The van der Waals surface area contributed by atoms with Gasteiger partial charge in [-0.15, -0.1) is 0 Å². The second-order valence-electron chi connectivity index (χ2n) is 10.5. The van der Waals surface area contributed by atoms with E-state index in [1.54, 1.807) is 0 Å². The summed E-state index contributed by atoms with van der Waals surface area (Å²) in [7, 11) is 0. The summed E-state index contributed by atoms with van der Waals surface area (Å²) in [5.74, 6) is 2.83. The standard InChI is InChI=1S/C25H36N4.2CH2O2/c1-20(2)14-27-15-22-16-28(17-24-26-12-13-29(24)23-8-9-23)19-25(22,18-27)11-10-21-6-4-3-5-7-21;2*2-1-3/h3-7,12-13,20,22-23H,8-11,14-19H2,1-2H3;2*1H,(H,2,3). The summed E-state index contributed by atoms with van der Waals surface area (Å²) in [6, 6.07) is 11.8. The molecule has 1 aliphatic carbocycles. The summed E-state index contributed by atoms with van der Waals surface area (Å²) in [4.78, 5) is 26.9. The maximum Gasteiger partial charge on any atom is 0.290 e. The third kappa shape index (κ3) is 7.39. The Balaban J connectivity index is 0.000000520. The quantitative estimate of drug-likeness (QED) is 0.552. The molecule has 2 N–H and O–H groups in total. The number of aryl methyl sites for hydroxylation is 1. The van der Waals surface area contributed by atoms with Crippen molar-refractivity contribution >= 4 is 12.9 Å². The molecular formula is C27H40N4O4. The molecule has 0 amide bonds. The Morgan fingerprint density at radius 1 is 1.06 bits per heavy atom. The first-order chi connectivity index (χ1) is 16.9. The maximum absolute atomic E-state index is 8.36. The van der Waals surface area contributed by atoms with Crippen molar-refractivity contribution in [3.8, 4) is 0 Å². The van der Waals surface area contributed by atoms with Crippen LogP contribution in [0.1, 0.15) is 50.5 Å². The molecular weight excluding hydrogens is 444 g/mol. The summed E-state index contributed by atoms with van der Waals surface area (Å²) in [5.41, 5.74) is 1.94. The number of likely N-dealkylation sites (tertiary alicyclic amines) is 2. The van der Waals surface area contributed by atoms with E-state index in [2.05, 4.69) is 64.7 Å². The van der Waals surface area contributed by atoms with Gasteiger partial charge < -0.3 is 19.7 Å². The normalized spacial score (nSPS) is 23.7. The molecule has 35 heavy (non-hydrogen) atoms. The number of benzene rings is 1. The number of carbonyl (C=O) groups is 2. The van der Waals surface area contributed by atoms with Crippen molar-refractivity contribution in [2.45, 2.75) is 52.1 Å². The largest absolute Gasteiger partial charge is 0.483 e. The average molecular weight is 485 g/mol. The van der Waals surface area contributed by atoms with Crippen LogP contribution < -0.4 is 0 Å². The zero-order valence-corrected chi connectivity index (χ0v) is 21.0. The first-order valence-electron chi connectivity index (χ1n) is 12.6. The lowest BCUT2D eigenvalue weighted by molar-refractivity contribution is -0.123. The third-order valence-electron chi connectivity index (χ3n) is 7.33. The number of imidazole rings is 1. The fourth-order valence-corrected chi connectivity index (χ4v) is 5.92. The van der Waals surface area contributed by atoms with Gasteiger partial charge in [0.25, 0.3) is 12.9 Å². The number of hydrogen-bond acceptors (Lipinski definition) is 5. The lowest BCUT2D eigenvalue weighted by atomic mass is 9.76. The minimum absolute atomic E-state index is 0.250. The molecule has 8 nitrogen and oxygen atoms in total. The minimum atomic E-state index is -0.250. The Kier molecular flexibility index (Phi) is 9.86. The molecule has 0 spiro atoms. The van der Waals surface area contributed by atoms with Gasteiger partial charge in [-0.05, 0) is 43.1 Å². The van der Waals surface area contributed by atoms with Crippen LogP contribution in [0, 0.1) is 17.3 Å². The summed E-state index contributed by atoms with van der Waals surface area (Å²) >= 11 is 0. The fourth-order valence-electron chi connectivity index (χ4n) is 5.92.